The van der Waals surface area contributed by atoms with E-state index in [1.54, 1.807) is 60.7 Å². The summed E-state index contributed by atoms with van der Waals surface area (Å²) in [5, 5.41) is 8.80. The van der Waals surface area contributed by atoms with Gasteiger partial charge < -0.3 is 10.5 Å². The third-order valence-electron chi connectivity index (χ3n) is 5.11. The van der Waals surface area contributed by atoms with E-state index in [2.05, 4.69) is 10.9 Å². The molecule has 0 saturated heterocycles. The molecule has 1 aliphatic heterocycles. The molecule has 0 radical (unpaired) electrons. The number of anilines is 1. The summed E-state index contributed by atoms with van der Waals surface area (Å²) in [5.74, 6) is -1.10. The molecule has 0 saturated carbocycles. The quantitative estimate of drug-likeness (QED) is 0.353. The van der Waals surface area contributed by atoms with E-state index < -0.39 is 17.7 Å². The summed E-state index contributed by atoms with van der Waals surface area (Å²) in [6.07, 6.45) is -2.23. The molecular formula is C25H19F3N2O2. The first-order valence-electron chi connectivity index (χ1n) is 9.83. The van der Waals surface area contributed by atoms with E-state index in [-0.39, 0.29) is 11.1 Å². The average molecular weight is 436 g/mol. The number of fused-ring (bicyclic) bond motifs is 1. The Morgan fingerprint density at radius 1 is 0.906 bits per heavy atom. The van der Waals surface area contributed by atoms with Gasteiger partial charge in [-0.05, 0) is 46.0 Å². The van der Waals surface area contributed by atoms with Gasteiger partial charge in [-0.25, -0.2) is 10.2 Å². The van der Waals surface area contributed by atoms with Crippen LogP contribution in [0, 0.1) is 0 Å². The van der Waals surface area contributed by atoms with Gasteiger partial charge in [-0.1, -0.05) is 60.7 Å². The van der Waals surface area contributed by atoms with Crippen LogP contribution >= 0.6 is 0 Å². The van der Waals surface area contributed by atoms with Crippen LogP contribution in [0.3, 0.4) is 0 Å². The van der Waals surface area contributed by atoms with Crippen LogP contribution in [0.1, 0.15) is 27.8 Å². The zero-order valence-electron chi connectivity index (χ0n) is 16.8. The summed E-state index contributed by atoms with van der Waals surface area (Å²) in [6.45, 7) is 0.502. The van der Waals surface area contributed by atoms with Gasteiger partial charge in [0.25, 0.3) is 0 Å². The zero-order chi connectivity index (χ0) is 22.7. The first-order valence-corrected chi connectivity index (χ1v) is 9.83. The Balaban J connectivity index is 1.94. The number of benzene rings is 3. The van der Waals surface area contributed by atoms with E-state index in [0.29, 0.717) is 23.2 Å². The highest BCUT2D eigenvalue weighted by molar-refractivity contribution is 6.00. The van der Waals surface area contributed by atoms with E-state index in [4.69, 9.17) is 5.11 Å². The monoisotopic (exact) mass is 436 g/mol. The number of hydrogen-bond donors (Lipinski definition) is 3. The maximum Gasteiger partial charge on any atom is 0.417 e. The normalized spacial score (nSPS) is 14.1. The van der Waals surface area contributed by atoms with Crippen molar-refractivity contribution < 1.29 is 23.1 Å². The number of rotatable bonds is 5. The molecule has 0 amide bonds. The Morgan fingerprint density at radius 3 is 2.25 bits per heavy atom. The van der Waals surface area contributed by atoms with Crippen LogP contribution in [-0.4, -0.2) is 17.3 Å². The van der Waals surface area contributed by atoms with Gasteiger partial charge in [0.1, 0.15) is 0 Å². The fraction of sp³-hybridized carbons (Fsp3) is 0.0800. The number of carboxylic acids is 1. The highest BCUT2D eigenvalue weighted by atomic mass is 19.4. The van der Waals surface area contributed by atoms with Crippen LogP contribution in [0.15, 0.2) is 78.9 Å². The molecule has 3 aromatic carbocycles. The van der Waals surface area contributed by atoms with Crippen molar-refractivity contribution in [3.63, 3.8) is 0 Å². The highest BCUT2D eigenvalue weighted by Crippen LogP contribution is 2.43. The molecule has 3 N–H and O–H groups in total. The lowest BCUT2D eigenvalue weighted by molar-refractivity contribution is -0.131. The summed E-state index contributed by atoms with van der Waals surface area (Å²) in [4.78, 5) is 10.8. The lowest BCUT2D eigenvalue weighted by atomic mass is 9.88. The molecule has 0 spiro atoms. The van der Waals surface area contributed by atoms with Gasteiger partial charge in [-0.15, -0.1) is 0 Å². The third kappa shape index (κ3) is 4.58. The molecule has 1 heterocycles. The molecule has 0 fully saturated rings. The first-order chi connectivity index (χ1) is 15.3. The standard InChI is InChI=1S/C25H19F3N2O2/c26-25(27,28)24(18-4-2-1-3-5-18)23(19-11-12-21-20(14-19)15-29-30-21)17-9-6-16(7-10-17)8-13-22(31)32/h1-14,29-30H,15H2,(H,31,32)/b13-8+,24-23-. The van der Waals surface area contributed by atoms with Crippen LogP contribution in [0.5, 0.6) is 0 Å². The van der Waals surface area contributed by atoms with Gasteiger partial charge in [0.05, 0.1) is 11.3 Å². The molecule has 7 heteroatoms. The number of hydrogen-bond acceptors (Lipinski definition) is 3. The topological polar surface area (TPSA) is 61.4 Å². The lowest BCUT2D eigenvalue weighted by Gasteiger charge is -2.20. The Labute approximate surface area is 182 Å². The Kier molecular flexibility index (Phi) is 5.83. The smallest absolute Gasteiger partial charge is 0.417 e. The third-order valence-corrected chi connectivity index (χ3v) is 5.11. The van der Waals surface area contributed by atoms with Crippen LogP contribution in [0.4, 0.5) is 18.9 Å². The second kappa shape index (κ2) is 8.72. The van der Waals surface area contributed by atoms with Crippen LogP contribution < -0.4 is 10.9 Å². The van der Waals surface area contributed by atoms with Gasteiger partial charge in [-0.3, -0.25) is 0 Å². The van der Waals surface area contributed by atoms with Gasteiger partial charge in [-0.2, -0.15) is 13.2 Å². The predicted octanol–water partition coefficient (Wildman–Crippen LogP) is 5.74. The van der Waals surface area contributed by atoms with Crippen molar-refractivity contribution >= 4 is 28.9 Å². The number of allylic oxidation sites excluding steroid dienone is 1. The highest BCUT2D eigenvalue weighted by Gasteiger charge is 2.38. The molecule has 162 valence electrons. The van der Waals surface area contributed by atoms with Crippen molar-refractivity contribution in [3.8, 4) is 0 Å². The number of carbonyl (C=O) groups is 1. The van der Waals surface area contributed by atoms with Crippen molar-refractivity contribution in [2.75, 3.05) is 5.43 Å². The SMILES string of the molecule is O=C(O)/C=C/c1ccc(/C(=C(\c2ccccc2)C(F)(F)F)c2ccc3c(c2)CNN3)cc1. The molecule has 0 aromatic heterocycles. The molecule has 0 unspecified atom stereocenters. The molecule has 1 aliphatic rings. The second-order valence-corrected chi connectivity index (χ2v) is 7.26. The summed E-state index contributed by atoms with van der Waals surface area (Å²) < 4.78 is 43.3. The minimum Gasteiger partial charge on any atom is -0.478 e. The van der Waals surface area contributed by atoms with E-state index in [1.807, 2.05) is 0 Å². The van der Waals surface area contributed by atoms with E-state index >= 15 is 0 Å². The average Bonchev–Trinajstić information content (AvgIpc) is 3.24. The maximum absolute atomic E-state index is 14.4. The molecule has 0 bridgehead atoms. The van der Waals surface area contributed by atoms with Gasteiger partial charge in [0.15, 0.2) is 0 Å². The minimum absolute atomic E-state index is 0.0622. The molecule has 4 rings (SSSR count). The Bertz CT molecular complexity index is 1200. The maximum atomic E-state index is 14.4. The van der Waals surface area contributed by atoms with Gasteiger partial charge >= 0.3 is 12.1 Å². The Morgan fingerprint density at radius 2 is 1.59 bits per heavy atom. The molecular weight excluding hydrogens is 417 g/mol. The largest absolute Gasteiger partial charge is 0.478 e. The van der Waals surface area contributed by atoms with Crippen molar-refractivity contribution in [1.29, 1.82) is 0 Å². The first kappa shape index (κ1) is 21.4. The van der Waals surface area contributed by atoms with E-state index in [1.165, 1.54) is 18.2 Å². The van der Waals surface area contributed by atoms with Gasteiger partial charge in [0.2, 0.25) is 0 Å². The minimum atomic E-state index is -4.60. The molecule has 0 aliphatic carbocycles. The number of nitrogens with one attached hydrogen (secondary N) is 2. The Hall–Kier alpha value is -3.84. The molecule has 4 nitrogen and oxygen atoms in total. The van der Waals surface area contributed by atoms with Crippen LogP contribution in [0.2, 0.25) is 0 Å². The number of hydrazine groups is 1. The second-order valence-electron chi connectivity index (χ2n) is 7.26. The number of aliphatic carboxylic acids is 1. The molecule has 0 atom stereocenters. The van der Waals surface area contributed by atoms with Crippen LogP contribution in [-0.2, 0) is 11.3 Å². The zero-order valence-corrected chi connectivity index (χ0v) is 16.8. The fourth-order valence-corrected chi connectivity index (χ4v) is 3.69. The summed E-state index contributed by atoms with van der Waals surface area (Å²) >= 11 is 0. The summed E-state index contributed by atoms with van der Waals surface area (Å²) in [5.41, 5.74) is 8.46. The molecule has 3 aromatic rings. The van der Waals surface area contributed by atoms with Crippen molar-refractivity contribution in [1.82, 2.24) is 5.43 Å². The lowest BCUT2D eigenvalue weighted by Crippen LogP contribution is -2.14. The van der Waals surface area contributed by atoms with Crippen LogP contribution in [0.25, 0.3) is 17.2 Å². The van der Waals surface area contributed by atoms with E-state index in [0.717, 1.165) is 17.3 Å². The van der Waals surface area contributed by atoms with Crippen molar-refractivity contribution in [2.45, 2.75) is 12.7 Å². The van der Waals surface area contributed by atoms with Gasteiger partial charge in [0, 0.05) is 18.2 Å². The number of halogens is 3. The molecule has 32 heavy (non-hydrogen) atoms. The van der Waals surface area contributed by atoms with Crippen molar-refractivity contribution in [3.05, 3.63) is 107 Å². The number of carboxylic acid groups (broad SMARTS) is 1. The van der Waals surface area contributed by atoms with E-state index in [9.17, 15) is 18.0 Å². The summed E-state index contributed by atoms with van der Waals surface area (Å²) in [7, 11) is 0. The predicted molar refractivity (Wildman–Crippen MR) is 118 cm³/mol. The fourth-order valence-electron chi connectivity index (χ4n) is 3.69. The van der Waals surface area contributed by atoms with Crippen molar-refractivity contribution in [2.24, 2.45) is 0 Å². The number of alkyl halides is 3. The summed E-state index contributed by atoms with van der Waals surface area (Å²) in [6, 6.07) is 19.3.